The lowest BCUT2D eigenvalue weighted by Gasteiger charge is -2.18. The molecule has 0 spiro atoms. The normalized spacial score (nSPS) is 10.1. The summed E-state index contributed by atoms with van der Waals surface area (Å²) in [5.41, 5.74) is 0.430. The van der Waals surface area contributed by atoms with E-state index in [1.165, 1.54) is 0 Å². The van der Waals surface area contributed by atoms with Gasteiger partial charge in [-0.1, -0.05) is 23.7 Å². The van der Waals surface area contributed by atoms with Crippen LogP contribution >= 0.6 is 11.6 Å². The zero-order chi connectivity index (χ0) is 14.3. The first-order valence-electron chi connectivity index (χ1n) is 6.40. The molecule has 0 heterocycles. The van der Waals surface area contributed by atoms with E-state index in [4.69, 9.17) is 11.6 Å². The second-order valence-corrected chi connectivity index (χ2v) is 4.46. The van der Waals surface area contributed by atoms with Gasteiger partial charge in [0.1, 0.15) is 0 Å². The standard InChI is InChI=1S/C14H19ClN2O2/c1-3-17(4-2)13(18)9-10-16-14(19)11-7-5-6-8-12(11)15/h5-8H,3-4,9-10H2,1-2H3,(H,16,19). The maximum atomic E-state index is 11.8. The minimum atomic E-state index is -0.252. The molecule has 0 aromatic heterocycles. The molecule has 0 atom stereocenters. The van der Waals surface area contributed by atoms with Crippen LogP contribution in [0.1, 0.15) is 30.6 Å². The lowest BCUT2D eigenvalue weighted by atomic mass is 10.2. The van der Waals surface area contributed by atoms with Crippen LogP contribution in [0.2, 0.25) is 5.02 Å². The molecule has 0 radical (unpaired) electrons. The Balaban J connectivity index is 2.44. The Morgan fingerprint density at radius 3 is 2.42 bits per heavy atom. The summed E-state index contributed by atoms with van der Waals surface area (Å²) in [6, 6.07) is 6.84. The van der Waals surface area contributed by atoms with Crippen LogP contribution in [0.3, 0.4) is 0 Å². The summed E-state index contributed by atoms with van der Waals surface area (Å²) in [7, 11) is 0. The van der Waals surface area contributed by atoms with Gasteiger partial charge in [-0.3, -0.25) is 9.59 Å². The fourth-order valence-corrected chi connectivity index (χ4v) is 1.98. The smallest absolute Gasteiger partial charge is 0.252 e. The van der Waals surface area contributed by atoms with Gasteiger partial charge in [-0.05, 0) is 26.0 Å². The third-order valence-electron chi connectivity index (χ3n) is 2.86. The average Bonchev–Trinajstić information content (AvgIpc) is 2.40. The summed E-state index contributed by atoms with van der Waals surface area (Å²) < 4.78 is 0. The second-order valence-electron chi connectivity index (χ2n) is 4.05. The molecule has 0 unspecified atom stereocenters. The number of benzene rings is 1. The molecule has 19 heavy (non-hydrogen) atoms. The van der Waals surface area contributed by atoms with Crippen LogP contribution in [-0.2, 0) is 4.79 Å². The third kappa shape index (κ3) is 4.56. The Kier molecular flexibility index (Phi) is 6.36. The first-order chi connectivity index (χ1) is 9.10. The number of halogens is 1. The summed E-state index contributed by atoms with van der Waals surface area (Å²) in [6.45, 7) is 5.56. The highest BCUT2D eigenvalue weighted by molar-refractivity contribution is 6.33. The fraction of sp³-hybridized carbons (Fsp3) is 0.429. The number of rotatable bonds is 6. The molecule has 0 aliphatic carbocycles. The minimum absolute atomic E-state index is 0.0458. The van der Waals surface area contributed by atoms with E-state index in [1.807, 2.05) is 13.8 Å². The molecule has 2 amide bonds. The average molecular weight is 283 g/mol. The molecule has 1 rings (SSSR count). The molecule has 4 nitrogen and oxygen atoms in total. The lowest BCUT2D eigenvalue weighted by molar-refractivity contribution is -0.130. The number of nitrogens with one attached hydrogen (secondary N) is 1. The minimum Gasteiger partial charge on any atom is -0.351 e. The van der Waals surface area contributed by atoms with E-state index >= 15 is 0 Å². The number of carbonyl (C=O) groups excluding carboxylic acids is 2. The van der Waals surface area contributed by atoms with E-state index in [0.717, 1.165) is 0 Å². The molecule has 1 aromatic carbocycles. The molecular weight excluding hydrogens is 264 g/mol. The van der Waals surface area contributed by atoms with Crippen LogP contribution in [0.15, 0.2) is 24.3 Å². The van der Waals surface area contributed by atoms with Crippen molar-refractivity contribution >= 4 is 23.4 Å². The van der Waals surface area contributed by atoms with Gasteiger partial charge in [-0.15, -0.1) is 0 Å². The van der Waals surface area contributed by atoms with Crippen molar-refractivity contribution in [1.29, 1.82) is 0 Å². The van der Waals surface area contributed by atoms with Crippen LogP contribution in [-0.4, -0.2) is 36.3 Å². The van der Waals surface area contributed by atoms with Gasteiger partial charge in [0.15, 0.2) is 0 Å². The fourth-order valence-electron chi connectivity index (χ4n) is 1.76. The van der Waals surface area contributed by atoms with Gasteiger partial charge in [-0.2, -0.15) is 0 Å². The maximum Gasteiger partial charge on any atom is 0.252 e. The van der Waals surface area contributed by atoms with E-state index in [9.17, 15) is 9.59 Å². The second kappa shape index (κ2) is 7.79. The molecular formula is C14H19ClN2O2. The molecule has 0 saturated heterocycles. The quantitative estimate of drug-likeness (QED) is 0.870. The largest absolute Gasteiger partial charge is 0.351 e. The highest BCUT2D eigenvalue weighted by Gasteiger charge is 2.12. The number of carbonyl (C=O) groups is 2. The number of hydrogen-bond acceptors (Lipinski definition) is 2. The van der Waals surface area contributed by atoms with Crippen molar-refractivity contribution in [1.82, 2.24) is 10.2 Å². The van der Waals surface area contributed by atoms with Crippen LogP contribution in [0, 0.1) is 0 Å². The Bertz CT molecular complexity index is 445. The molecule has 0 aliphatic rings. The van der Waals surface area contributed by atoms with Gasteiger partial charge >= 0.3 is 0 Å². The number of nitrogens with zero attached hydrogens (tertiary/aromatic N) is 1. The van der Waals surface area contributed by atoms with Gasteiger partial charge in [0.2, 0.25) is 5.91 Å². The van der Waals surface area contributed by atoms with Gasteiger partial charge < -0.3 is 10.2 Å². The molecule has 1 N–H and O–H groups in total. The van der Waals surface area contributed by atoms with Crippen molar-refractivity contribution in [3.63, 3.8) is 0 Å². The maximum absolute atomic E-state index is 11.8. The Hall–Kier alpha value is -1.55. The van der Waals surface area contributed by atoms with Crippen molar-refractivity contribution in [2.24, 2.45) is 0 Å². The lowest BCUT2D eigenvalue weighted by Crippen LogP contribution is -2.34. The molecule has 0 fully saturated rings. The van der Waals surface area contributed by atoms with Crippen LogP contribution < -0.4 is 5.32 Å². The van der Waals surface area contributed by atoms with Crippen molar-refractivity contribution in [3.05, 3.63) is 34.9 Å². The highest BCUT2D eigenvalue weighted by Crippen LogP contribution is 2.14. The first kappa shape index (κ1) is 15.5. The summed E-state index contributed by atoms with van der Waals surface area (Å²) in [5.74, 6) is -0.206. The van der Waals surface area contributed by atoms with Crippen molar-refractivity contribution in [2.75, 3.05) is 19.6 Å². The first-order valence-corrected chi connectivity index (χ1v) is 6.78. The Morgan fingerprint density at radius 2 is 1.84 bits per heavy atom. The van der Waals surface area contributed by atoms with Crippen molar-refractivity contribution in [2.45, 2.75) is 20.3 Å². The van der Waals surface area contributed by atoms with E-state index < -0.39 is 0 Å². The van der Waals surface area contributed by atoms with Gasteiger partial charge in [0.05, 0.1) is 10.6 Å². The third-order valence-corrected chi connectivity index (χ3v) is 3.19. The predicted octanol–water partition coefficient (Wildman–Crippen LogP) is 2.33. The highest BCUT2D eigenvalue weighted by atomic mass is 35.5. The molecule has 104 valence electrons. The number of hydrogen-bond donors (Lipinski definition) is 1. The zero-order valence-corrected chi connectivity index (χ0v) is 12.0. The molecule has 0 saturated carbocycles. The van der Waals surface area contributed by atoms with Crippen LogP contribution in [0.25, 0.3) is 0 Å². The summed E-state index contributed by atoms with van der Waals surface area (Å²) in [5, 5.41) is 3.11. The Labute approximate surface area is 118 Å². The van der Waals surface area contributed by atoms with E-state index in [1.54, 1.807) is 29.2 Å². The topological polar surface area (TPSA) is 49.4 Å². The molecule has 0 aliphatic heterocycles. The number of amides is 2. The zero-order valence-electron chi connectivity index (χ0n) is 11.3. The van der Waals surface area contributed by atoms with Gasteiger partial charge in [-0.25, -0.2) is 0 Å². The molecule has 5 heteroatoms. The van der Waals surface area contributed by atoms with Crippen molar-refractivity contribution < 1.29 is 9.59 Å². The Morgan fingerprint density at radius 1 is 1.21 bits per heavy atom. The monoisotopic (exact) mass is 282 g/mol. The van der Waals surface area contributed by atoms with E-state index in [2.05, 4.69) is 5.32 Å². The summed E-state index contributed by atoms with van der Waals surface area (Å²) in [4.78, 5) is 25.3. The summed E-state index contributed by atoms with van der Waals surface area (Å²) in [6.07, 6.45) is 0.303. The predicted molar refractivity (Wildman–Crippen MR) is 76.3 cm³/mol. The van der Waals surface area contributed by atoms with E-state index in [0.29, 0.717) is 36.6 Å². The van der Waals surface area contributed by atoms with Crippen LogP contribution in [0.4, 0.5) is 0 Å². The van der Waals surface area contributed by atoms with Gasteiger partial charge in [0.25, 0.3) is 5.91 Å². The van der Waals surface area contributed by atoms with Gasteiger partial charge in [0, 0.05) is 26.1 Å². The van der Waals surface area contributed by atoms with Crippen molar-refractivity contribution in [3.8, 4) is 0 Å². The summed E-state index contributed by atoms with van der Waals surface area (Å²) >= 11 is 5.92. The molecule has 0 bridgehead atoms. The van der Waals surface area contributed by atoms with Crippen LogP contribution in [0.5, 0.6) is 0 Å². The SMILES string of the molecule is CCN(CC)C(=O)CCNC(=O)c1ccccc1Cl. The van der Waals surface area contributed by atoms with E-state index in [-0.39, 0.29) is 11.8 Å². The molecule has 1 aromatic rings.